The quantitative estimate of drug-likeness (QED) is 0.947. The molecule has 4 nitrogen and oxygen atoms in total. The van der Waals surface area contributed by atoms with Gasteiger partial charge in [-0.2, -0.15) is 0 Å². The van der Waals surface area contributed by atoms with Gasteiger partial charge in [0.1, 0.15) is 0 Å². The molecule has 2 aromatic carbocycles. The summed E-state index contributed by atoms with van der Waals surface area (Å²) in [5.74, 6) is 0. The van der Waals surface area contributed by atoms with Gasteiger partial charge in [0.05, 0.1) is 4.90 Å². The summed E-state index contributed by atoms with van der Waals surface area (Å²) in [6.45, 7) is 3.83. The predicted molar refractivity (Wildman–Crippen MR) is 88.5 cm³/mol. The number of nitrogens with one attached hydrogen (secondary N) is 1. The second-order valence-electron chi connectivity index (χ2n) is 5.89. The van der Waals surface area contributed by atoms with Crippen LogP contribution in [0.3, 0.4) is 0 Å². The standard InChI is InChI=1S/C17H20N2O2S/c1-13-3-7-17(8-4-13)22(20,21)18-16-6-5-14-9-10-19(2)12-15(14)11-16/h3-8,11,18H,9-10,12H2,1-2H3. The number of rotatable bonds is 3. The zero-order chi connectivity index (χ0) is 15.7. The highest BCUT2D eigenvalue weighted by Crippen LogP contribution is 2.24. The Morgan fingerprint density at radius 1 is 1.05 bits per heavy atom. The number of fused-ring (bicyclic) bond motifs is 1. The lowest BCUT2D eigenvalue weighted by atomic mass is 10.00. The largest absolute Gasteiger partial charge is 0.302 e. The lowest BCUT2D eigenvalue weighted by molar-refractivity contribution is 0.313. The van der Waals surface area contributed by atoms with Gasteiger partial charge in [0, 0.05) is 18.8 Å². The average Bonchev–Trinajstić information content (AvgIpc) is 2.47. The molecule has 2 aromatic rings. The summed E-state index contributed by atoms with van der Waals surface area (Å²) in [6.07, 6.45) is 1.01. The first kappa shape index (κ1) is 15.1. The molecule has 5 heteroatoms. The van der Waals surface area contributed by atoms with Crippen LogP contribution >= 0.6 is 0 Å². The highest BCUT2D eigenvalue weighted by molar-refractivity contribution is 7.92. The van der Waals surface area contributed by atoms with Gasteiger partial charge in [-0.25, -0.2) is 8.42 Å². The van der Waals surface area contributed by atoms with Crippen molar-refractivity contribution in [3.63, 3.8) is 0 Å². The molecule has 1 heterocycles. The molecule has 0 aliphatic carbocycles. The molecule has 116 valence electrons. The third-order valence-electron chi connectivity index (χ3n) is 3.99. The Morgan fingerprint density at radius 3 is 2.50 bits per heavy atom. The highest BCUT2D eigenvalue weighted by atomic mass is 32.2. The lowest BCUT2D eigenvalue weighted by Crippen LogP contribution is -2.26. The Labute approximate surface area is 131 Å². The van der Waals surface area contributed by atoms with Crippen LogP contribution in [0.2, 0.25) is 0 Å². The zero-order valence-corrected chi connectivity index (χ0v) is 13.7. The maximum absolute atomic E-state index is 12.4. The first-order valence-electron chi connectivity index (χ1n) is 7.34. The van der Waals surface area contributed by atoms with E-state index in [1.807, 2.05) is 25.1 Å². The van der Waals surface area contributed by atoms with Gasteiger partial charge < -0.3 is 4.90 Å². The van der Waals surface area contributed by atoms with Crippen LogP contribution in [0.15, 0.2) is 47.4 Å². The minimum absolute atomic E-state index is 0.285. The zero-order valence-electron chi connectivity index (χ0n) is 12.8. The van der Waals surface area contributed by atoms with E-state index in [0.29, 0.717) is 5.69 Å². The smallest absolute Gasteiger partial charge is 0.261 e. The molecule has 1 aliphatic heterocycles. The molecule has 0 atom stereocenters. The molecule has 3 rings (SSSR count). The Balaban J connectivity index is 1.86. The van der Waals surface area contributed by atoms with E-state index in [1.54, 1.807) is 24.3 Å². The minimum Gasteiger partial charge on any atom is -0.302 e. The molecule has 22 heavy (non-hydrogen) atoms. The summed E-state index contributed by atoms with van der Waals surface area (Å²) < 4.78 is 27.5. The summed E-state index contributed by atoms with van der Waals surface area (Å²) >= 11 is 0. The SMILES string of the molecule is Cc1ccc(S(=O)(=O)Nc2ccc3c(c2)CN(C)CC3)cc1. The molecular formula is C17H20N2O2S. The second kappa shape index (κ2) is 5.74. The molecule has 0 bridgehead atoms. The summed E-state index contributed by atoms with van der Waals surface area (Å²) in [7, 11) is -1.46. The number of likely N-dealkylation sites (N-methyl/N-ethyl adjacent to an activating group) is 1. The van der Waals surface area contributed by atoms with Crippen molar-refractivity contribution in [2.45, 2.75) is 24.8 Å². The van der Waals surface area contributed by atoms with E-state index in [2.05, 4.69) is 16.7 Å². The summed E-state index contributed by atoms with van der Waals surface area (Å²) in [5.41, 5.74) is 4.15. The number of aryl methyl sites for hydroxylation is 1. The summed E-state index contributed by atoms with van der Waals surface area (Å²) in [6, 6.07) is 12.7. The monoisotopic (exact) mass is 316 g/mol. The second-order valence-corrected chi connectivity index (χ2v) is 7.57. The summed E-state index contributed by atoms with van der Waals surface area (Å²) in [5, 5.41) is 0. The average molecular weight is 316 g/mol. The van der Waals surface area contributed by atoms with Crippen molar-refractivity contribution >= 4 is 15.7 Å². The van der Waals surface area contributed by atoms with Crippen LogP contribution in [0.5, 0.6) is 0 Å². The van der Waals surface area contributed by atoms with Crippen LogP contribution in [-0.2, 0) is 23.0 Å². The van der Waals surface area contributed by atoms with Crippen LogP contribution in [0, 0.1) is 6.92 Å². The van der Waals surface area contributed by atoms with E-state index in [0.717, 1.165) is 25.1 Å². The van der Waals surface area contributed by atoms with Crippen molar-refractivity contribution in [2.24, 2.45) is 0 Å². The molecule has 0 saturated heterocycles. The normalized spacial score (nSPS) is 15.4. The van der Waals surface area contributed by atoms with Gasteiger partial charge in [-0.3, -0.25) is 4.72 Å². The molecule has 0 saturated carbocycles. The van der Waals surface area contributed by atoms with Crippen LogP contribution in [-0.4, -0.2) is 26.9 Å². The number of anilines is 1. The van der Waals surface area contributed by atoms with Crippen molar-refractivity contribution < 1.29 is 8.42 Å². The lowest BCUT2D eigenvalue weighted by Gasteiger charge is -2.25. The number of benzene rings is 2. The first-order chi connectivity index (χ1) is 10.4. The van der Waals surface area contributed by atoms with Crippen LogP contribution in [0.4, 0.5) is 5.69 Å². The number of hydrogen-bond acceptors (Lipinski definition) is 3. The van der Waals surface area contributed by atoms with Crippen molar-refractivity contribution in [1.82, 2.24) is 4.90 Å². The van der Waals surface area contributed by atoms with E-state index in [1.165, 1.54) is 11.1 Å². The van der Waals surface area contributed by atoms with Crippen molar-refractivity contribution in [3.8, 4) is 0 Å². The van der Waals surface area contributed by atoms with E-state index >= 15 is 0 Å². The maximum atomic E-state index is 12.4. The fourth-order valence-electron chi connectivity index (χ4n) is 2.69. The van der Waals surface area contributed by atoms with Gasteiger partial charge in [0.2, 0.25) is 0 Å². The van der Waals surface area contributed by atoms with Gasteiger partial charge in [-0.05, 0) is 55.8 Å². The molecule has 1 N–H and O–H groups in total. The Morgan fingerprint density at radius 2 is 1.77 bits per heavy atom. The molecule has 0 radical (unpaired) electrons. The third kappa shape index (κ3) is 3.15. The molecule has 0 fully saturated rings. The van der Waals surface area contributed by atoms with Crippen molar-refractivity contribution in [3.05, 3.63) is 59.2 Å². The van der Waals surface area contributed by atoms with Gasteiger partial charge in [-0.1, -0.05) is 23.8 Å². The molecule has 0 spiro atoms. The number of hydrogen-bond donors (Lipinski definition) is 1. The van der Waals surface area contributed by atoms with Gasteiger partial charge in [0.25, 0.3) is 10.0 Å². The van der Waals surface area contributed by atoms with Gasteiger partial charge >= 0.3 is 0 Å². The number of nitrogens with zero attached hydrogens (tertiary/aromatic N) is 1. The fourth-order valence-corrected chi connectivity index (χ4v) is 3.74. The minimum atomic E-state index is -3.53. The van der Waals surface area contributed by atoms with Gasteiger partial charge in [0.15, 0.2) is 0 Å². The van der Waals surface area contributed by atoms with E-state index in [9.17, 15) is 8.42 Å². The Hall–Kier alpha value is -1.85. The first-order valence-corrected chi connectivity index (χ1v) is 8.82. The molecule has 1 aliphatic rings. The third-order valence-corrected chi connectivity index (χ3v) is 5.39. The maximum Gasteiger partial charge on any atom is 0.261 e. The van der Waals surface area contributed by atoms with Crippen molar-refractivity contribution in [1.29, 1.82) is 0 Å². The van der Waals surface area contributed by atoms with E-state index in [-0.39, 0.29) is 4.90 Å². The topological polar surface area (TPSA) is 49.4 Å². The highest BCUT2D eigenvalue weighted by Gasteiger charge is 2.17. The molecule has 0 aromatic heterocycles. The van der Waals surface area contributed by atoms with Crippen LogP contribution in [0.25, 0.3) is 0 Å². The van der Waals surface area contributed by atoms with Crippen LogP contribution in [0.1, 0.15) is 16.7 Å². The van der Waals surface area contributed by atoms with E-state index < -0.39 is 10.0 Å². The number of sulfonamides is 1. The Bertz CT molecular complexity index is 783. The predicted octanol–water partition coefficient (Wildman–Crippen LogP) is 2.78. The molecular weight excluding hydrogens is 296 g/mol. The van der Waals surface area contributed by atoms with Crippen LogP contribution < -0.4 is 4.72 Å². The van der Waals surface area contributed by atoms with E-state index in [4.69, 9.17) is 0 Å². The van der Waals surface area contributed by atoms with Crippen molar-refractivity contribution in [2.75, 3.05) is 18.3 Å². The molecule has 0 amide bonds. The van der Waals surface area contributed by atoms with Gasteiger partial charge in [-0.15, -0.1) is 0 Å². The molecule has 0 unspecified atom stereocenters. The fraction of sp³-hybridized carbons (Fsp3) is 0.294. The summed E-state index contributed by atoms with van der Waals surface area (Å²) in [4.78, 5) is 2.52. The Kier molecular flexibility index (Phi) is 3.93.